The van der Waals surface area contributed by atoms with Gasteiger partial charge in [0.25, 0.3) is 0 Å². The van der Waals surface area contributed by atoms with Crippen molar-refractivity contribution in [1.29, 1.82) is 0 Å². The Labute approximate surface area is 219 Å². The quantitative estimate of drug-likeness (QED) is 0.247. The Morgan fingerprint density at radius 3 is 2.79 bits per heavy atom. The number of benzene rings is 2. The van der Waals surface area contributed by atoms with Crippen molar-refractivity contribution < 1.29 is 18.7 Å². The highest BCUT2D eigenvalue weighted by molar-refractivity contribution is 6.00. The van der Waals surface area contributed by atoms with E-state index in [2.05, 4.69) is 27.1 Å². The van der Waals surface area contributed by atoms with E-state index in [0.29, 0.717) is 53.4 Å². The van der Waals surface area contributed by atoms with E-state index in [9.17, 15) is 9.59 Å². The van der Waals surface area contributed by atoms with Crippen LogP contribution in [0.15, 0.2) is 67.4 Å². The molecule has 8 nitrogen and oxygen atoms in total. The van der Waals surface area contributed by atoms with Gasteiger partial charge < -0.3 is 15.0 Å². The first kappa shape index (κ1) is 25.1. The third kappa shape index (κ3) is 5.13. The molecule has 38 heavy (non-hydrogen) atoms. The van der Waals surface area contributed by atoms with Gasteiger partial charge in [0, 0.05) is 37.3 Å². The van der Waals surface area contributed by atoms with Gasteiger partial charge in [0.15, 0.2) is 17.2 Å². The van der Waals surface area contributed by atoms with Crippen LogP contribution in [-0.2, 0) is 11.2 Å². The van der Waals surface area contributed by atoms with Gasteiger partial charge in [-0.3, -0.25) is 14.7 Å². The summed E-state index contributed by atoms with van der Waals surface area (Å²) in [7, 11) is 1.57. The van der Waals surface area contributed by atoms with Gasteiger partial charge in [-0.25, -0.2) is 9.37 Å². The molecule has 1 atom stereocenters. The molecule has 0 radical (unpaired) electrons. The molecule has 5 rings (SSSR count). The molecule has 1 aliphatic rings. The number of ketones is 1. The smallest absolute Gasteiger partial charge is 0.246 e. The number of carbonyl (C=O) groups is 2. The van der Waals surface area contributed by atoms with Crippen LogP contribution in [0, 0.1) is 5.82 Å². The number of methoxy groups -OCH3 is 1. The summed E-state index contributed by atoms with van der Waals surface area (Å²) in [5.41, 5.74) is 3.09. The number of amides is 1. The fourth-order valence-electron chi connectivity index (χ4n) is 4.78. The highest BCUT2D eigenvalue weighted by atomic mass is 19.1. The van der Waals surface area contributed by atoms with Crippen LogP contribution in [0.4, 0.5) is 10.2 Å². The molecule has 9 heteroatoms. The number of rotatable bonds is 9. The number of H-pyrrole nitrogens is 1. The van der Waals surface area contributed by atoms with E-state index < -0.39 is 0 Å². The number of Topliss-reactive ketones (excluding diaryl/α,β-unsaturated/α-hetero) is 1. The van der Waals surface area contributed by atoms with E-state index in [4.69, 9.17) is 4.74 Å². The fraction of sp³-hybridized carbons (Fsp3) is 0.241. The van der Waals surface area contributed by atoms with Gasteiger partial charge in [-0.2, -0.15) is 5.10 Å². The van der Waals surface area contributed by atoms with Crippen molar-refractivity contribution in [2.24, 2.45) is 0 Å². The molecular weight excluding hydrogens is 485 g/mol. The monoisotopic (exact) mass is 513 g/mol. The second-order valence-electron chi connectivity index (χ2n) is 9.23. The van der Waals surface area contributed by atoms with Gasteiger partial charge in [-0.05, 0) is 72.0 Å². The highest BCUT2D eigenvalue weighted by Crippen LogP contribution is 2.33. The molecule has 3 heterocycles. The molecule has 1 saturated heterocycles. The summed E-state index contributed by atoms with van der Waals surface area (Å²) in [6, 6.07) is 13.8. The van der Waals surface area contributed by atoms with Crippen LogP contribution < -0.4 is 10.1 Å². The maximum Gasteiger partial charge on any atom is 0.246 e. The fourth-order valence-corrected chi connectivity index (χ4v) is 4.78. The summed E-state index contributed by atoms with van der Waals surface area (Å²) in [6.45, 7) is 4.75. The molecule has 0 bridgehead atoms. The zero-order valence-electron chi connectivity index (χ0n) is 21.0. The predicted molar refractivity (Wildman–Crippen MR) is 144 cm³/mol. The molecule has 2 aromatic carbocycles. The Morgan fingerprint density at radius 1 is 1.24 bits per heavy atom. The number of ether oxygens (including phenoxy) is 1. The summed E-state index contributed by atoms with van der Waals surface area (Å²) in [5, 5.41) is 11.5. The van der Waals surface area contributed by atoms with E-state index in [0.717, 1.165) is 17.4 Å². The number of pyridine rings is 1. The summed E-state index contributed by atoms with van der Waals surface area (Å²) in [6.07, 6.45) is 4.25. The molecule has 1 aliphatic heterocycles. The average Bonchev–Trinajstić information content (AvgIpc) is 3.59. The second kappa shape index (κ2) is 10.8. The first-order valence-corrected chi connectivity index (χ1v) is 12.4. The zero-order valence-corrected chi connectivity index (χ0v) is 21.0. The van der Waals surface area contributed by atoms with E-state index in [1.807, 2.05) is 12.1 Å². The van der Waals surface area contributed by atoms with Gasteiger partial charge in [0.2, 0.25) is 5.91 Å². The Balaban J connectivity index is 1.33. The van der Waals surface area contributed by atoms with E-state index >= 15 is 4.39 Å². The molecule has 0 saturated carbocycles. The Morgan fingerprint density at radius 2 is 2.05 bits per heavy atom. The van der Waals surface area contributed by atoms with E-state index in [1.165, 1.54) is 12.1 Å². The lowest BCUT2D eigenvalue weighted by Gasteiger charge is -2.15. The molecule has 0 unspecified atom stereocenters. The van der Waals surface area contributed by atoms with Gasteiger partial charge >= 0.3 is 0 Å². The number of aryl methyl sites for hydroxylation is 1. The highest BCUT2D eigenvalue weighted by Gasteiger charge is 2.26. The largest absolute Gasteiger partial charge is 0.497 e. The Hall–Kier alpha value is -4.53. The standard InChI is InChI=1S/C29H28FN5O3/c1-3-26(37)35-15-13-21(17-35)32-29-27-23(12-14-31-28(27)33-34-29)20-5-4-18(24(30)16-20)8-11-25(36)19-6-9-22(38-2)10-7-19/h3-7,9-10,12,14,16,21H,1,8,11,13,15,17H2,2H3,(H2,31,32,33,34)/t21-/m1/s1. The minimum absolute atomic E-state index is 0.0285. The normalized spacial score (nSPS) is 15.0. The van der Waals surface area contributed by atoms with Gasteiger partial charge in [-0.15, -0.1) is 0 Å². The number of likely N-dealkylation sites (tertiary alicyclic amines) is 1. The molecule has 0 aliphatic carbocycles. The van der Waals surface area contributed by atoms with Crippen molar-refractivity contribution >= 4 is 28.5 Å². The second-order valence-corrected chi connectivity index (χ2v) is 9.23. The Kier molecular flexibility index (Phi) is 7.17. The molecule has 0 spiro atoms. The molecule has 194 valence electrons. The van der Waals surface area contributed by atoms with Crippen LogP contribution >= 0.6 is 0 Å². The van der Waals surface area contributed by atoms with Crippen LogP contribution in [-0.4, -0.2) is 58.0 Å². The lowest BCUT2D eigenvalue weighted by Crippen LogP contribution is -2.30. The third-order valence-corrected chi connectivity index (χ3v) is 6.87. The first-order valence-electron chi connectivity index (χ1n) is 12.4. The number of carbonyl (C=O) groups excluding carboxylic acids is 2. The van der Waals surface area contributed by atoms with E-state index in [-0.39, 0.29) is 30.0 Å². The van der Waals surface area contributed by atoms with Crippen molar-refractivity contribution in [3.63, 3.8) is 0 Å². The van der Waals surface area contributed by atoms with Crippen molar-refractivity contribution in [3.05, 3.63) is 84.3 Å². The lowest BCUT2D eigenvalue weighted by molar-refractivity contribution is -0.125. The molecule has 1 fully saturated rings. The number of hydrogen-bond acceptors (Lipinski definition) is 6. The van der Waals surface area contributed by atoms with Crippen molar-refractivity contribution in [2.45, 2.75) is 25.3 Å². The average molecular weight is 514 g/mol. The molecule has 1 amide bonds. The van der Waals surface area contributed by atoms with Gasteiger partial charge in [-0.1, -0.05) is 18.7 Å². The number of nitrogens with one attached hydrogen (secondary N) is 2. The van der Waals surface area contributed by atoms with Gasteiger partial charge in [0.05, 0.1) is 12.5 Å². The predicted octanol–water partition coefficient (Wildman–Crippen LogP) is 4.79. The third-order valence-electron chi connectivity index (χ3n) is 6.87. The number of hydrogen-bond donors (Lipinski definition) is 2. The van der Waals surface area contributed by atoms with Crippen LogP contribution in [0.2, 0.25) is 0 Å². The Bertz CT molecular complexity index is 1500. The number of aromatic nitrogens is 3. The summed E-state index contributed by atoms with van der Waals surface area (Å²) < 4.78 is 20.3. The topological polar surface area (TPSA) is 100 Å². The minimum atomic E-state index is -0.373. The number of aromatic amines is 1. The van der Waals surface area contributed by atoms with E-state index in [1.54, 1.807) is 48.5 Å². The first-order chi connectivity index (χ1) is 18.5. The van der Waals surface area contributed by atoms with Crippen LogP contribution in [0.5, 0.6) is 5.75 Å². The number of anilines is 1. The van der Waals surface area contributed by atoms with Crippen molar-refractivity contribution in [2.75, 3.05) is 25.5 Å². The van der Waals surface area contributed by atoms with Crippen LogP contribution in [0.1, 0.15) is 28.8 Å². The number of halogens is 1. The summed E-state index contributed by atoms with van der Waals surface area (Å²) >= 11 is 0. The number of fused-ring (bicyclic) bond motifs is 1. The molecule has 2 aromatic heterocycles. The number of nitrogens with zero attached hydrogens (tertiary/aromatic N) is 3. The molecule has 4 aromatic rings. The maximum atomic E-state index is 15.2. The lowest BCUT2D eigenvalue weighted by atomic mass is 9.98. The SMILES string of the molecule is C=CC(=O)N1CC[C@@H](Nc2n[nH]c3nccc(-c4ccc(CCC(=O)c5ccc(OC)cc5)c(F)c4)c23)C1. The summed E-state index contributed by atoms with van der Waals surface area (Å²) in [5.74, 6) is 0.765. The maximum absolute atomic E-state index is 15.2. The minimum Gasteiger partial charge on any atom is -0.497 e. The van der Waals surface area contributed by atoms with Crippen LogP contribution in [0.3, 0.4) is 0 Å². The summed E-state index contributed by atoms with van der Waals surface area (Å²) in [4.78, 5) is 30.6. The van der Waals surface area contributed by atoms with Crippen molar-refractivity contribution in [1.82, 2.24) is 20.1 Å². The van der Waals surface area contributed by atoms with Crippen molar-refractivity contribution in [3.8, 4) is 16.9 Å². The van der Waals surface area contributed by atoms with Crippen LogP contribution in [0.25, 0.3) is 22.2 Å². The van der Waals surface area contributed by atoms with Gasteiger partial charge in [0.1, 0.15) is 11.6 Å². The molecule has 2 N–H and O–H groups in total. The molecular formula is C29H28FN5O3. The zero-order chi connectivity index (χ0) is 26.6.